The first-order chi connectivity index (χ1) is 22.2. The Morgan fingerprint density at radius 2 is 0.848 bits per heavy atom. The highest BCUT2D eigenvalue weighted by Crippen LogP contribution is 2.26. The Morgan fingerprint density at radius 1 is 0.478 bits per heavy atom. The molecule has 1 aliphatic carbocycles. The number of benzene rings is 3. The largest absolute Gasteiger partial charge is 0.283 e. The minimum Gasteiger partial charge on any atom is -0.283 e. The maximum atomic E-state index is 3.98. The zero-order valence-corrected chi connectivity index (χ0v) is 29.1. The zero-order chi connectivity index (χ0) is 33.8. The summed E-state index contributed by atoms with van der Waals surface area (Å²) < 4.78 is 0. The van der Waals surface area contributed by atoms with E-state index in [1.165, 1.54) is 47.0 Å². The van der Waals surface area contributed by atoms with Crippen molar-refractivity contribution in [2.45, 2.75) is 68.2 Å². The number of aryl methyl sites for hydroxylation is 7. The van der Waals surface area contributed by atoms with E-state index >= 15 is 0 Å². The van der Waals surface area contributed by atoms with E-state index in [-0.39, 0.29) is 0 Å². The van der Waals surface area contributed by atoms with Crippen LogP contribution in [0.1, 0.15) is 58.8 Å². The summed E-state index contributed by atoms with van der Waals surface area (Å²) in [5, 5.41) is 6.45. The van der Waals surface area contributed by atoms with Crippen LogP contribution >= 0.6 is 0 Å². The second-order valence-electron chi connectivity index (χ2n) is 11.3. The fourth-order valence-electron chi connectivity index (χ4n) is 3.17. The molecule has 0 aliphatic heterocycles. The monoisotopic (exact) mass is 615 g/mol. The molecule has 46 heavy (non-hydrogen) atoms. The Bertz CT molecular complexity index is 1320. The molecule has 0 amide bonds. The first-order valence-corrected chi connectivity index (χ1v) is 15.8. The highest BCUT2D eigenvalue weighted by atomic mass is 15.1. The molecule has 0 spiro atoms. The second-order valence-corrected chi connectivity index (χ2v) is 11.3. The summed E-state index contributed by atoms with van der Waals surface area (Å²) in [6.45, 7) is 16.5. The molecule has 5 heteroatoms. The highest BCUT2D eigenvalue weighted by Gasteiger charge is 2.12. The molecule has 5 nitrogen and oxygen atoms in total. The Balaban J connectivity index is 0.000000270. The highest BCUT2D eigenvalue weighted by molar-refractivity contribution is 5.15. The van der Waals surface area contributed by atoms with E-state index in [9.17, 15) is 0 Å². The van der Waals surface area contributed by atoms with Gasteiger partial charge in [0.1, 0.15) is 6.33 Å². The maximum Gasteiger partial charge on any atom is 0.115 e. The van der Waals surface area contributed by atoms with Crippen LogP contribution in [-0.4, -0.2) is 25.1 Å². The van der Waals surface area contributed by atoms with Gasteiger partial charge in [-0.05, 0) is 77.1 Å². The number of rotatable bonds is 0. The predicted molar refractivity (Wildman–Crippen MR) is 196 cm³/mol. The van der Waals surface area contributed by atoms with Gasteiger partial charge >= 0.3 is 0 Å². The van der Waals surface area contributed by atoms with Gasteiger partial charge in [0.25, 0.3) is 0 Å². The van der Waals surface area contributed by atoms with Crippen LogP contribution < -0.4 is 0 Å². The van der Waals surface area contributed by atoms with Gasteiger partial charge in [0.05, 0.1) is 0 Å². The van der Waals surface area contributed by atoms with E-state index in [2.05, 4.69) is 95.3 Å². The third kappa shape index (κ3) is 25.6. The molecule has 6 aromatic rings. The Morgan fingerprint density at radius 3 is 1.00 bits per heavy atom. The summed E-state index contributed by atoms with van der Waals surface area (Å²) in [5.74, 6) is 1.08. The predicted octanol–water partition coefficient (Wildman–Crippen LogP) is 10.6. The molecule has 3 heterocycles. The van der Waals surface area contributed by atoms with Gasteiger partial charge in [-0.15, -0.1) is 0 Å². The lowest BCUT2D eigenvalue weighted by Crippen LogP contribution is -1.76. The Labute approximate surface area is 278 Å². The molecule has 0 bridgehead atoms. The summed E-state index contributed by atoms with van der Waals surface area (Å²) in [6.07, 6.45) is 13.5. The average Bonchev–Trinajstić information content (AvgIpc) is 3.69. The molecular formula is C41H53N5. The summed E-state index contributed by atoms with van der Waals surface area (Å²) in [5.41, 5.74) is 8.63. The summed E-state index contributed by atoms with van der Waals surface area (Å²) in [4.78, 5) is 11.5. The van der Waals surface area contributed by atoms with Gasteiger partial charge in [0.15, 0.2) is 0 Å². The van der Waals surface area contributed by atoms with Crippen LogP contribution in [0.3, 0.4) is 0 Å². The first-order valence-electron chi connectivity index (χ1n) is 15.8. The van der Waals surface area contributed by atoms with E-state index in [4.69, 9.17) is 0 Å². The molecule has 7 rings (SSSR count). The molecule has 242 valence electrons. The van der Waals surface area contributed by atoms with Crippen LogP contribution in [0.4, 0.5) is 0 Å². The SMILES string of the molecule is CC1CC1.Cc1ccccc1.Cc1ccccc1.Cc1ccccc1.Cc1ccn[nH]1.Cc1cncc(C)c1.Cc1cncnc1. The number of nitrogens with one attached hydrogen (secondary N) is 1. The number of hydrogen-bond donors (Lipinski definition) is 1. The zero-order valence-electron chi connectivity index (χ0n) is 29.1. The van der Waals surface area contributed by atoms with Gasteiger partial charge in [-0.1, -0.05) is 134 Å². The van der Waals surface area contributed by atoms with E-state index < -0.39 is 0 Å². The van der Waals surface area contributed by atoms with Crippen molar-refractivity contribution >= 4 is 0 Å². The number of aromatic amines is 1. The normalized spacial score (nSPS) is 10.3. The molecule has 0 unspecified atom stereocenters. The lowest BCUT2D eigenvalue weighted by Gasteiger charge is -1.89. The van der Waals surface area contributed by atoms with Gasteiger partial charge in [0.2, 0.25) is 0 Å². The number of hydrogen-bond acceptors (Lipinski definition) is 4. The van der Waals surface area contributed by atoms with Crippen molar-refractivity contribution in [1.29, 1.82) is 0 Å². The number of nitrogens with zero attached hydrogens (tertiary/aromatic N) is 4. The lowest BCUT2D eigenvalue weighted by atomic mass is 10.2. The molecule has 1 aliphatic rings. The quantitative estimate of drug-likeness (QED) is 0.185. The van der Waals surface area contributed by atoms with Crippen molar-refractivity contribution in [2.24, 2.45) is 5.92 Å². The van der Waals surface area contributed by atoms with Gasteiger partial charge in [0, 0.05) is 36.7 Å². The van der Waals surface area contributed by atoms with Crippen LogP contribution in [-0.2, 0) is 0 Å². The van der Waals surface area contributed by atoms with Gasteiger partial charge < -0.3 is 0 Å². The first kappa shape index (κ1) is 39.1. The molecule has 0 atom stereocenters. The summed E-state index contributed by atoms with van der Waals surface area (Å²) >= 11 is 0. The van der Waals surface area contributed by atoms with Crippen molar-refractivity contribution < 1.29 is 0 Å². The number of aromatic nitrogens is 5. The standard InChI is InChI=1S/C7H9N.3C7H8.C5H6N2.C4H6N2.C4H8/c1-6-3-7(2)5-8-4-6;3*1-7-5-3-2-4-6-7;1-5-2-6-4-7-3-5;1-4-2-3-5-6-4;1-4-2-3-4/h3-5H,1-2H3;3*2-6H,1H3;2-4H,1H3;2-3H,1H3,(H,5,6);4H,2-3H2,1H3. The van der Waals surface area contributed by atoms with Gasteiger partial charge in [-0.25, -0.2) is 9.97 Å². The third-order valence-corrected chi connectivity index (χ3v) is 6.03. The Kier molecular flexibility index (Phi) is 21.6. The van der Waals surface area contributed by atoms with Gasteiger partial charge in [-0.3, -0.25) is 10.1 Å². The lowest BCUT2D eigenvalue weighted by molar-refractivity contribution is 0.983. The van der Waals surface area contributed by atoms with Crippen LogP contribution in [0.2, 0.25) is 0 Å². The van der Waals surface area contributed by atoms with Crippen LogP contribution in [0.25, 0.3) is 0 Å². The third-order valence-electron chi connectivity index (χ3n) is 6.03. The summed E-state index contributed by atoms with van der Waals surface area (Å²) in [6, 6.07) is 34.8. The Hall–Kier alpha value is -4.90. The van der Waals surface area contributed by atoms with Crippen molar-refractivity contribution in [3.05, 3.63) is 180 Å². The molecule has 1 saturated carbocycles. The molecule has 1 fully saturated rings. The van der Waals surface area contributed by atoms with E-state index in [0.717, 1.165) is 17.2 Å². The number of pyridine rings is 1. The minimum absolute atomic E-state index is 1.08. The minimum atomic E-state index is 1.08. The molecule has 0 radical (unpaired) electrons. The van der Waals surface area contributed by atoms with Crippen molar-refractivity contribution in [2.75, 3.05) is 0 Å². The van der Waals surface area contributed by atoms with Gasteiger partial charge in [-0.2, -0.15) is 5.10 Å². The average molecular weight is 616 g/mol. The van der Waals surface area contributed by atoms with Crippen molar-refractivity contribution in [3.63, 3.8) is 0 Å². The fourth-order valence-corrected chi connectivity index (χ4v) is 3.17. The van der Waals surface area contributed by atoms with Crippen LogP contribution in [0.5, 0.6) is 0 Å². The van der Waals surface area contributed by atoms with Crippen molar-refractivity contribution in [1.82, 2.24) is 25.1 Å². The van der Waals surface area contributed by atoms with Crippen LogP contribution in [0.15, 0.2) is 140 Å². The van der Waals surface area contributed by atoms with Crippen molar-refractivity contribution in [3.8, 4) is 0 Å². The fraction of sp³-hybridized carbons (Fsp3) is 0.268. The second kappa shape index (κ2) is 25.4. The molecule has 1 N–H and O–H groups in total. The molecular weight excluding hydrogens is 562 g/mol. The maximum absolute atomic E-state index is 3.98. The number of H-pyrrole nitrogens is 1. The summed E-state index contributed by atoms with van der Waals surface area (Å²) in [7, 11) is 0. The van der Waals surface area contributed by atoms with Crippen LogP contribution in [0, 0.1) is 54.4 Å². The van der Waals surface area contributed by atoms with E-state index in [1.54, 1.807) is 18.6 Å². The van der Waals surface area contributed by atoms with E-state index in [0.29, 0.717) is 0 Å². The molecule has 3 aromatic carbocycles. The molecule has 0 saturated heterocycles. The molecule has 3 aromatic heterocycles. The van der Waals surface area contributed by atoms with E-state index in [1.807, 2.05) is 101 Å². The topological polar surface area (TPSA) is 67.3 Å². The smallest absolute Gasteiger partial charge is 0.115 e.